The first kappa shape index (κ1) is 9.80. The van der Waals surface area contributed by atoms with Gasteiger partial charge < -0.3 is 10.5 Å². The van der Waals surface area contributed by atoms with Crippen molar-refractivity contribution in [1.82, 2.24) is 4.98 Å². The second kappa shape index (κ2) is 4.19. The van der Waals surface area contributed by atoms with Gasteiger partial charge in [0.15, 0.2) is 0 Å². The summed E-state index contributed by atoms with van der Waals surface area (Å²) >= 11 is 5.77. The van der Waals surface area contributed by atoms with Crippen molar-refractivity contribution in [3.05, 3.63) is 47.7 Å². The van der Waals surface area contributed by atoms with E-state index in [1.54, 1.807) is 42.7 Å². The Hall–Kier alpha value is -1.74. The molecule has 0 radical (unpaired) electrons. The maximum Gasteiger partial charge on any atom is 0.147 e. The Morgan fingerprint density at radius 2 is 1.80 bits per heavy atom. The number of ether oxygens (including phenoxy) is 1. The van der Waals surface area contributed by atoms with E-state index in [2.05, 4.69) is 4.98 Å². The molecule has 0 fully saturated rings. The number of nitrogen functional groups attached to an aromatic ring is 1. The van der Waals surface area contributed by atoms with Crippen LogP contribution in [0.5, 0.6) is 11.5 Å². The molecular weight excluding hydrogens is 212 g/mol. The molecule has 0 aliphatic rings. The average molecular weight is 221 g/mol. The quantitative estimate of drug-likeness (QED) is 0.792. The van der Waals surface area contributed by atoms with E-state index in [9.17, 15) is 0 Å². The van der Waals surface area contributed by atoms with Gasteiger partial charge >= 0.3 is 0 Å². The van der Waals surface area contributed by atoms with E-state index in [1.165, 1.54) is 0 Å². The van der Waals surface area contributed by atoms with Crippen molar-refractivity contribution in [2.75, 3.05) is 5.73 Å². The third-order valence-electron chi connectivity index (χ3n) is 1.80. The minimum atomic E-state index is 0.544. The third-order valence-corrected chi connectivity index (χ3v) is 2.00. The van der Waals surface area contributed by atoms with Crippen LogP contribution in [-0.2, 0) is 0 Å². The van der Waals surface area contributed by atoms with Crippen LogP contribution in [0.2, 0.25) is 5.02 Å². The highest BCUT2D eigenvalue weighted by Crippen LogP contribution is 2.23. The molecule has 1 aromatic heterocycles. The van der Waals surface area contributed by atoms with E-state index >= 15 is 0 Å². The predicted octanol–water partition coefficient (Wildman–Crippen LogP) is 3.11. The Morgan fingerprint density at radius 3 is 2.47 bits per heavy atom. The number of aromatic nitrogens is 1. The van der Waals surface area contributed by atoms with E-state index in [-0.39, 0.29) is 0 Å². The Bertz CT molecular complexity index is 456. The molecule has 2 N–H and O–H groups in total. The fourth-order valence-electron chi connectivity index (χ4n) is 1.12. The maximum atomic E-state index is 5.77. The lowest BCUT2D eigenvalue weighted by molar-refractivity contribution is 0.480. The fourth-order valence-corrected chi connectivity index (χ4v) is 1.28. The minimum Gasteiger partial charge on any atom is -0.456 e. The Morgan fingerprint density at radius 1 is 1.07 bits per heavy atom. The van der Waals surface area contributed by atoms with Gasteiger partial charge in [-0.05, 0) is 24.3 Å². The van der Waals surface area contributed by atoms with Crippen LogP contribution in [0.25, 0.3) is 0 Å². The summed E-state index contributed by atoms with van der Waals surface area (Å²) in [6, 6.07) is 8.82. The molecular formula is C11H9ClN2O. The molecule has 15 heavy (non-hydrogen) atoms. The molecule has 1 aromatic carbocycles. The van der Waals surface area contributed by atoms with E-state index in [4.69, 9.17) is 22.1 Å². The van der Waals surface area contributed by atoms with Gasteiger partial charge in [-0.2, -0.15) is 0 Å². The van der Waals surface area contributed by atoms with Crippen LogP contribution in [0.15, 0.2) is 42.7 Å². The lowest BCUT2D eigenvalue weighted by Crippen LogP contribution is -1.87. The van der Waals surface area contributed by atoms with Crippen molar-refractivity contribution in [2.24, 2.45) is 0 Å². The number of hydrogen-bond donors (Lipinski definition) is 1. The van der Waals surface area contributed by atoms with E-state index in [1.807, 2.05) is 0 Å². The number of anilines is 1. The second-order valence-electron chi connectivity index (χ2n) is 3.01. The molecule has 0 aliphatic carbocycles. The number of hydrogen-bond acceptors (Lipinski definition) is 3. The van der Waals surface area contributed by atoms with Crippen molar-refractivity contribution in [2.45, 2.75) is 0 Å². The largest absolute Gasteiger partial charge is 0.456 e. The monoisotopic (exact) mass is 220 g/mol. The van der Waals surface area contributed by atoms with E-state index in [0.29, 0.717) is 22.2 Å². The zero-order valence-corrected chi connectivity index (χ0v) is 8.61. The summed E-state index contributed by atoms with van der Waals surface area (Å²) in [5.74, 6) is 1.31. The van der Waals surface area contributed by atoms with E-state index < -0.39 is 0 Å². The molecule has 0 amide bonds. The van der Waals surface area contributed by atoms with Gasteiger partial charge in [-0.3, -0.25) is 4.98 Å². The Labute approximate surface area is 92.5 Å². The maximum absolute atomic E-state index is 5.77. The highest BCUT2D eigenvalue weighted by atomic mass is 35.5. The molecule has 0 atom stereocenters. The van der Waals surface area contributed by atoms with Gasteiger partial charge in [-0.1, -0.05) is 11.6 Å². The number of nitrogens with two attached hydrogens (primary N) is 1. The summed E-state index contributed by atoms with van der Waals surface area (Å²) in [5.41, 5.74) is 6.26. The van der Waals surface area contributed by atoms with Crippen LogP contribution in [-0.4, -0.2) is 4.98 Å². The van der Waals surface area contributed by atoms with Crippen molar-refractivity contribution < 1.29 is 4.74 Å². The Kier molecular flexibility index (Phi) is 2.74. The van der Waals surface area contributed by atoms with Gasteiger partial charge in [0.25, 0.3) is 0 Å². The molecule has 0 saturated heterocycles. The fraction of sp³-hybridized carbons (Fsp3) is 0. The third kappa shape index (κ3) is 2.60. The smallest absolute Gasteiger partial charge is 0.147 e. The molecule has 0 aliphatic heterocycles. The van der Waals surface area contributed by atoms with E-state index in [0.717, 1.165) is 0 Å². The Balaban J connectivity index is 2.18. The SMILES string of the molecule is Nc1ccc(Oc2cncc(Cl)c2)cc1. The minimum absolute atomic E-state index is 0.544. The summed E-state index contributed by atoms with van der Waals surface area (Å²) in [6.45, 7) is 0. The topological polar surface area (TPSA) is 48.1 Å². The summed E-state index contributed by atoms with van der Waals surface area (Å²) in [7, 11) is 0. The van der Waals surface area contributed by atoms with Gasteiger partial charge in [0.05, 0.1) is 11.2 Å². The lowest BCUT2D eigenvalue weighted by Gasteiger charge is -2.05. The normalized spacial score (nSPS) is 9.93. The standard InChI is InChI=1S/C11H9ClN2O/c12-8-5-11(7-14-6-8)15-10-3-1-9(13)2-4-10/h1-7H,13H2. The van der Waals surface area contributed by atoms with Crippen LogP contribution in [0.4, 0.5) is 5.69 Å². The van der Waals surface area contributed by atoms with Crippen LogP contribution < -0.4 is 10.5 Å². The number of benzene rings is 1. The van der Waals surface area contributed by atoms with Crippen molar-refractivity contribution in [3.63, 3.8) is 0 Å². The van der Waals surface area contributed by atoms with Crippen molar-refractivity contribution in [3.8, 4) is 11.5 Å². The molecule has 4 heteroatoms. The van der Waals surface area contributed by atoms with Gasteiger partial charge in [-0.25, -0.2) is 0 Å². The van der Waals surface area contributed by atoms with Crippen molar-refractivity contribution in [1.29, 1.82) is 0 Å². The molecule has 2 rings (SSSR count). The number of nitrogens with zero attached hydrogens (tertiary/aromatic N) is 1. The zero-order chi connectivity index (χ0) is 10.7. The highest BCUT2D eigenvalue weighted by molar-refractivity contribution is 6.30. The van der Waals surface area contributed by atoms with Crippen LogP contribution in [0.3, 0.4) is 0 Å². The van der Waals surface area contributed by atoms with Crippen molar-refractivity contribution >= 4 is 17.3 Å². The first-order chi connectivity index (χ1) is 7.24. The molecule has 0 unspecified atom stereocenters. The first-order valence-corrected chi connectivity index (χ1v) is 4.76. The lowest BCUT2D eigenvalue weighted by atomic mass is 10.3. The summed E-state index contributed by atoms with van der Waals surface area (Å²) in [6.07, 6.45) is 3.15. The van der Waals surface area contributed by atoms with Gasteiger partial charge in [0, 0.05) is 18.0 Å². The average Bonchev–Trinajstić information content (AvgIpc) is 2.22. The highest BCUT2D eigenvalue weighted by Gasteiger charge is 1.98. The number of halogens is 1. The number of rotatable bonds is 2. The van der Waals surface area contributed by atoms with Crippen LogP contribution >= 0.6 is 11.6 Å². The molecule has 76 valence electrons. The van der Waals surface area contributed by atoms with Gasteiger partial charge in [-0.15, -0.1) is 0 Å². The molecule has 3 nitrogen and oxygen atoms in total. The van der Waals surface area contributed by atoms with Crippen LogP contribution in [0.1, 0.15) is 0 Å². The molecule has 0 spiro atoms. The summed E-state index contributed by atoms with van der Waals surface area (Å²) in [4.78, 5) is 3.92. The first-order valence-electron chi connectivity index (χ1n) is 4.38. The summed E-state index contributed by atoms with van der Waals surface area (Å²) < 4.78 is 5.51. The zero-order valence-electron chi connectivity index (χ0n) is 7.85. The predicted molar refractivity (Wildman–Crippen MR) is 60.2 cm³/mol. The van der Waals surface area contributed by atoms with Gasteiger partial charge in [0.2, 0.25) is 0 Å². The molecule has 1 heterocycles. The van der Waals surface area contributed by atoms with Gasteiger partial charge in [0.1, 0.15) is 11.5 Å². The molecule has 2 aromatic rings. The second-order valence-corrected chi connectivity index (χ2v) is 3.45. The summed E-state index contributed by atoms with van der Waals surface area (Å²) in [5, 5.41) is 0.544. The molecule has 0 bridgehead atoms. The number of pyridine rings is 1. The van der Waals surface area contributed by atoms with Crippen LogP contribution in [0, 0.1) is 0 Å². The molecule has 0 saturated carbocycles.